The van der Waals surface area contributed by atoms with Crippen molar-refractivity contribution in [3.63, 3.8) is 0 Å². The molecule has 2 rings (SSSR count). The molecule has 0 atom stereocenters. The zero-order chi connectivity index (χ0) is 19.5. The number of nitrogens with zero attached hydrogens (tertiary/aromatic N) is 1. The second-order valence-electron chi connectivity index (χ2n) is 5.82. The molecule has 0 radical (unpaired) electrons. The molecular weight excluding hydrogens is 342 g/mol. The van der Waals surface area contributed by atoms with E-state index < -0.39 is 0 Å². The zero-order valence-electron chi connectivity index (χ0n) is 16.5. The van der Waals surface area contributed by atoms with E-state index in [2.05, 4.69) is 15.6 Å². The van der Waals surface area contributed by atoms with Crippen LogP contribution in [0.3, 0.4) is 0 Å². The number of methoxy groups -OCH3 is 2. The van der Waals surface area contributed by atoms with Crippen molar-refractivity contribution >= 4 is 5.96 Å². The van der Waals surface area contributed by atoms with Gasteiger partial charge in [0.25, 0.3) is 0 Å². The van der Waals surface area contributed by atoms with E-state index in [1.54, 1.807) is 14.2 Å². The van der Waals surface area contributed by atoms with Crippen LogP contribution in [0.15, 0.2) is 47.5 Å². The first-order valence-electron chi connectivity index (χ1n) is 9.15. The summed E-state index contributed by atoms with van der Waals surface area (Å²) in [5.74, 6) is 3.09. The lowest BCUT2D eigenvalue weighted by Crippen LogP contribution is -2.36. The van der Waals surface area contributed by atoms with E-state index >= 15 is 0 Å². The molecule has 2 aromatic rings. The molecule has 0 spiro atoms. The molecule has 0 bridgehead atoms. The standard InChI is InChI=1S/C21H29N3O3/c1-5-22-21(23-14-16-7-10-18(25-3)11-8-16)24-15-17-9-12-19(27-6-2)20(13-17)26-4/h7-13H,5-6,14-15H2,1-4H3,(H2,22,23,24). The number of nitrogens with one attached hydrogen (secondary N) is 2. The Kier molecular flexibility index (Phi) is 8.29. The first kappa shape index (κ1) is 20.4. The van der Waals surface area contributed by atoms with E-state index in [4.69, 9.17) is 14.2 Å². The van der Waals surface area contributed by atoms with Crippen molar-refractivity contribution < 1.29 is 14.2 Å². The van der Waals surface area contributed by atoms with E-state index in [0.29, 0.717) is 19.7 Å². The Morgan fingerprint density at radius 1 is 0.889 bits per heavy atom. The Morgan fingerprint density at radius 3 is 2.26 bits per heavy atom. The molecule has 27 heavy (non-hydrogen) atoms. The SMILES string of the molecule is CCNC(=NCc1ccc(OCC)c(OC)c1)NCc1ccc(OC)cc1. The van der Waals surface area contributed by atoms with Crippen LogP contribution < -0.4 is 24.8 Å². The van der Waals surface area contributed by atoms with Gasteiger partial charge in [0.1, 0.15) is 5.75 Å². The third-order valence-electron chi connectivity index (χ3n) is 3.91. The molecule has 0 amide bonds. The van der Waals surface area contributed by atoms with Gasteiger partial charge < -0.3 is 24.8 Å². The molecule has 146 valence electrons. The van der Waals surface area contributed by atoms with Gasteiger partial charge in [-0.15, -0.1) is 0 Å². The highest BCUT2D eigenvalue weighted by atomic mass is 16.5. The first-order chi connectivity index (χ1) is 13.2. The fourth-order valence-corrected chi connectivity index (χ4v) is 2.53. The average molecular weight is 371 g/mol. The van der Waals surface area contributed by atoms with E-state index in [0.717, 1.165) is 40.9 Å². The minimum atomic E-state index is 0.542. The second-order valence-corrected chi connectivity index (χ2v) is 5.82. The summed E-state index contributed by atoms with van der Waals surface area (Å²) in [6.45, 7) is 6.62. The zero-order valence-corrected chi connectivity index (χ0v) is 16.5. The van der Waals surface area contributed by atoms with Crippen molar-refractivity contribution in [1.82, 2.24) is 10.6 Å². The lowest BCUT2D eigenvalue weighted by Gasteiger charge is -2.13. The van der Waals surface area contributed by atoms with Gasteiger partial charge in [-0.2, -0.15) is 0 Å². The van der Waals surface area contributed by atoms with Gasteiger partial charge in [0, 0.05) is 13.1 Å². The molecule has 0 aliphatic rings. The third-order valence-corrected chi connectivity index (χ3v) is 3.91. The van der Waals surface area contributed by atoms with Gasteiger partial charge in [0.15, 0.2) is 17.5 Å². The molecule has 0 aliphatic heterocycles. The number of hydrogen-bond acceptors (Lipinski definition) is 4. The van der Waals surface area contributed by atoms with Gasteiger partial charge in [0.2, 0.25) is 0 Å². The summed E-state index contributed by atoms with van der Waals surface area (Å²) in [5.41, 5.74) is 2.21. The Balaban J connectivity index is 2.01. The molecule has 0 saturated carbocycles. The van der Waals surface area contributed by atoms with Gasteiger partial charge >= 0.3 is 0 Å². The normalized spacial score (nSPS) is 11.0. The summed E-state index contributed by atoms with van der Waals surface area (Å²) < 4.78 is 16.1. The maximum atomic E-state index is 5.56. The molecule has 0 aromatic heterocycles. The molecule has 0 aliphatic carbocycles. The summed E-state index contributed by atoms with van der Waals surface area (Å²) in [4.78, 5) is 4.66. The van der Waals surface area contributed by atoms with Gasteiger partial charge in [-0.3, -0.25) is 0 Å². The highest BCUT2D eigenvalue weighted by Crippen LogP contribution is 2.28. The Morgan fingerprint density at radius 2 is 1.63 bits per heavy atom. The summed E-state index contributed by atoms with van der Waals surface area (Å²) in [5, 5.41) is 6.61. The fourth-order valence-electron chi connectivity index (χ4n) is 2.53. The Bertz CT molecular complexity index is 730. The topological polar surface area (TPSA) is 64.1 Å². The van der Waals surface area contributed by atoms with Crippen LogP contribution in [0.25, 0.3) is 0 Å². The number of hydrogen-bond donors (Lipinski definition) is 2. The number of ether oxygens (including phenoxy) is 3. The highest BCUT2D eigenvalue weighted by molar-refractivity contribution is 5.79. The summed E-state index contributed by atoms with van der Waals surface area (Å²) in [7, 11) is 3.31. The van der Waals surface area contributed by atoms with Gasteiger partial charge in [-0.05, 0) is 49.2 Å². The van der Waals surface area contributed by atoms with Gasteiger partial charge in [-0.1, -0.05) is 18.2 Å². The van der Waals surface area contributed by atoms with Crippen LogP contribution in [0.5, 0.6) is 17.2 Å². The molecule has 0 unspecified atom stereocenters. The Hall–Kier alpha value is -2.89. The number of benzene rings is 2. The highest BCUT2D eigenvalue weighted by Gasteiger charge is 2.05. The quantitative estimate of drug-likeness (QED) is 0.523. The predicted molar refractivity (Wildman–Crippen MR) is 109 cm³/mol. The number of aliphatic imine (C=N–C) groups is 1. The monoisotopic (exact) mass is 371 g/mol. The maximum absolute atomic E-state index is 5.56. The second kappa shape index (κ2) is 11.0. The summed E-state index contributed by atoms with van der Waals surface area (Å²) in [6.07, 6.45) is 0. The van der Waals surface area contributed by atoms with Crippen molar-refractivity contribution in [3.8, 4) is 17.2 Å². The maximum Gasteiger partial charge on any atom is 0.191 e. The van der Waals surface area contributed by atoms with E-state index in [-0.39, 0.29) is 0 Å². The van der Waals surface area contributed by atoms with Crippen molar-refractivity contribution in [2.24, 2.45) is 4.99 Å². The lowest BCUT2D eigenvalue weighted by atomic mass is 10.2. The van der Waals surface area contributed by atoms with Crippen LogP contribution >= 0.6 is 0 Å². The van der Waals surface area contributed by atoms with E-state index in [1.807, 2.05) is 56.3 Å². The van der Waals surface area contributed by atoms with Crippen LogP contribution in [0.1, 0.15) is 25.0 Å². The largest absolute Gasteiger partial charge is 0.497 e. The average Bonchev–Trinajstić information content (AvgIpc) is 2.71. The van der Waals surface area contributed by atoms with Crippen molar-refractivity contribution in [2.45, 2.75) is 26.9 Å². The summed E-state index contributed by atoms with van der Waals surface area (Å²) in [6, 6.07) is 13.9. The predicted octanol–water partition coefficient (Wildman–Crippen LogP) is 3.36. The van der Waals surface area contributed by atoms with Crippen LogP contribution in [0.4, 0.5) is 0 Å². The molecule has 2 N–H and O–H groups in total. The molecule has 2 aromatic carbocycles. The minimum Gasteiger partial charge on any atom is -0.497 e. The van der Waals surface area contributed by atoms with Crippen LogP contribution in [0.2, 0.25) is 0 Å². The fraction of sp³-hybridized carbons (Fsp3) is 0.381. The van der Waals surface area contributed by atoms with E-state index in [1.165, 1.54) is 0 Å². The molecule has 0 heterocycles. The van der Waals surface area contributed by atoms with Crippen LogP contribution in [0, 0.1) is 0 Å². The lowest BCUT2D eigenvalue weighted by molar-refractivity contribution is 0.310. The molecule has 0 fully saturated rings. The van der Waals surface area contributed by atoms with Gasteiger partial charge in [-0.25, -0.2) is 4.99 Å². The molecule has 6 nitrogen and oxygen atoms in total. The smallest absolute Gasteiger partial charge is 0.191 e. The number of guanidine groups is 1. The van der Waals surface area contributed by atoms with Crippen molar-refractivity contribution in [3.05, 3.63) is 53.6 Å². The first-order valence-corrected chi connectivity index (χ1v) is 9.15. The van der Waals surface area contributed by atoms with Crippen LogP contribution in [-0.2, 0) is 13.1 Å². The van der Waals surface area contributed by atoms with Crippen LogP contribution in [-0.4, -0.2) is 33.3 Å². The van der Waals surface area contributed by atoms with Gasteiger partial charge in [0.05, 0.1) is 27.4 Å². The summed E-state index contributed by atoms with van der Waals surface area (Å²) >= 11 is 0. The van der Waals surface area contributed by atoms with Crippen molar-refractivity contribution in [2.75, 3.05) is 27.4 Å². The van der Waals surface area contributed by atoms with Crippen molar-refractivity contribution in [1.29, 1.82) is 0 Å². The number of rotatable bonds is 9. The van der Waals surface area contributed by atoms with E-state index in [9.17, 15) is 0 Å². The molecule has 6 heteroatoms. The molecular formula is C21H29N3O3. The minimum absolute atomic E-state index is 0.542. The Labute approximate surface area is 161 Å². The third kappa shape index (κ3) is 6.40. The molecule has 0 saturated heterocycles.